The molecular formula is C19H23N3O4. The summed E-state index contributed by atoms with van der Waals surface area (Å²) in [7, 11) is 0. The van der Waals surface area contributed by atoms with Crippen LogP contribution in [0.25, 0.3) is 0 Å². The molecule has 0 saturated carbocycles. The molecular weight excluding hydrogens is 334 g/mol. The fraction of sp³-hybridized carbons (Fsp3) is 0.474. The number of hydrogen-bond acceptors (Lipinski definition) is 5. The number of carbonyl (C=O) groups is 3. The monoisotopic (exact) mass is 357 g/mol. The fourth-order valence-corrected chi connectivity index (χ4v) is 2.77. The Labute approximate surface area is 152 Å². The molecule has 2 rings (SSSR count). The molecule has 138 valence electrons. The van der Waals surface area contributed by atoms with Crippen molar-refractivity contribution in [2.75, 3.05) is 13.1 Å². The van der Waals surface area contributed by atoms with Crippen molar-refractivity contribution < 1.29 is 19.1 Å². The largest absolute Gasteiger partial charge is 0.462 e. The van der Waals surface area contributed by atoms with Crippen LogP contribution >= 0.6 is 0 Å². The van der Waals surface area contributed by atoms with E-state index in [1.54, 1.807) is 43.0 Å². The topological polar surface area (TPSA) is 99.5 Å². The van der Waals surface area contributed by atoms with Crippen LogP contribution in [-0.2, 0) is 14.3 Å². The predicted octanol–water partition coefficient (Wildman–Crippen LogP) is 1.62. The van der Waals surface area contributed by atoms with E-state index < -0.39 is 6.04 Å². The molecule has 0 aliphatic carbocycles. The van der Waals surface area contributed by atoms with Gasteiger partial charge in [-0.3, -0.25) is 14.4 Å². The Morgan fingerprint density at radius 3 is 2.42 bits per heavy atom. The van der Waals surface area contributed by atoms with Gasteiger partial charge in [0.1, 0.15) is 12.1 Å². The van der Waals surface area contributed by atoms with E-state index in [1.165, 1.54) is 0 Å². The standard InChI is InChI=1S/C19H23N3O4/c1-3-17(23)26-16-8-10-22(11-9-16)19(25)13(2)21-18(24)15-6-4-14(12-20)5-7-15/h4-7,13,16H,3,8-11H2,1-2H3,(H,21,24). The van der Waals surface area contributed by atoms with E-state index in [2.05, 4.69) is 5.32 Å². The summed E-state index contributed by atoms with van der Waals surface area (Å²) < 4.78 is 5.30. The Morgan fingerprint density at radius 2 is 1.88 bits per heavy atom. The van der Waals surface area contributed by atoms with Crippen LogP contribution in [0.1, 0.15) is 49.0 Å². The Balaban J connectivity index is 1.84. The van der Waals surface area contributed by atoms with E-state index >= 15 is 0 Å². The lowest BCUT2D eigenvalue weighted by Gasteiger charge is -2.33. The van der Waals surface area contributed by atoms with Gasteiger partial charge in [0.2, 0.25) is 5.91 Å². The Hall–Kier alpha value is -2.88. The average Bonchev–Trinajstić information content (AvgIpc) is 2.67. The number of nitrogens with zero attached hydrogens (tertiary/aromatic N) is 2. The van der Waals surface area contributed by atoms with Crippen molar-refractivity contribution in [1.82, 2.24) is 10.2 Å². The van der Waals surface area contributed by atoms with Crippen LogP contribution in [0.4, 0.5) is 0 Å². The van der Waals surface area contributed by atoms with E-state index in [-0.39, 0.29) is 23.9 Å². The molecule has 1 aliphatic rings. The number of hydrogen-bond donors (Lipinski definition) is 1. The molecule has 1 aromatic rings. The van der Waals surface area contributed by atoms with E-state index in [9.17, 15) is 14.4 Å². The molecule has 2 amide bonds. The zero-order valence-corrected chi connectivity index (χ0v) is 15.0. The second-order valence-electron chi connectivity index (χ2n) is 6.25. The van der Waals surface area contributed by atoms with Crippen molar-refractivity contribution in [3.05, 3.63) is 35.4 Å². The van der Waals surface area contributed by atoms with Gasteiger partial charge in [-0.15, -0.1) is 0 Å². The van der Waals surface area contributed by atoms with Crippen LogP contribution in [-0.4, -0.2) is 47.9 Å². The van der Waals surface area contributed by atoms with Gasteiger partial charge in [0.05, 0.1) is 11.6 Å². The zero-order chi connectivity index (χ0) is 19.1. The maximum Gasteiger partial charge on any atom is 0.305 e. The summed E-state index contributed by atoms with van der Waals surface area (Å²) in [4.78, 5) is 37.7. The highest BCUT2D eigenvalue weighted by Gasteiger charge is 2.28. The van der Waals surface area contributed by atoms with Crippen LogP contribution in [0.3, 0.4) is 0 Å². The number of ether oxygens (including phenoxy) is 1. The minimum Gasteiger partial charge on any atom is -0.462 e. The van der Waals surface area contributed by atoms with Gasteiger partial charge in [0, 0.05) is 37.9 Å². The molecule has 1 N–H and O–H groups in total. The smallest absolute Gasteiger partial charge is 0.305 e. The quantitative estimate of drug-likeness (QED) is 0.807. The van der Waals surface area contributed by atoms with Gasteiger partial charge in [-0.2, -0.15) is 5.26 Å². The SMILES string of the molecule is CCC(=O)OC1CCN(C(=O)C(C)NC(=O)c2ccc(C#N)cc2)CC1. The molecule has 1 atom stereocenters. The summed E-state index contributed by atoms with van der Waals surface area (Å²) in [6.07, 6.45) is 1.41. The van der Waals surface area contributed by atoms with Gasteiger partial charge >= 0.3 is 5.97 Å². The zero-order valence-electron chi connectivity index (χ0n) is 15.0. The van der Waals surface area contributed by atoms with Crippen LogP contribution in [0.15, 0.2) is 24.3 Å². The first-order valence-electron chi connectivity index (χ1n) is 8.74. The molecule has 1 aromatic carbocycles. The maximum absolute atomic E-state index is 12.5. The summed E-state index contributed by atoms with van der Waals surface area (Å²) >= 11 is 0. The number of carbonyl (C=O) groups excluding carboxylic acids is 3. The predicted molar refractivity (Wildman–Crippen MR) is 94.1 cm³/mol. The molecule has 0 bridgehead atoms. The van der Waals surface area contributed by atoms with E-state index in [4.69, 9.17) is 10.00 Å². The Bertz CT molecular complexity index is 700. The fourth-order valence-electron chi connectivity index (χ4n) is 2.77. The summed E-state index contributed by atoms with van der Waals surface area (Å²) in [5.74, 6) is -0.743. The molecule has 1 saturated heterocycles. The Morgan fingerprint density at radius 1 is 1.27 bits per heavy atom. The lowest BCUT2D eigenvalue weighted by molar-refractivity contribution is -0.151. The summed E-state index contributed by atoms with van der Waals surface area (Å²) in [5.41, 5.74) is 0.867. The highest BCUT2D eigenvalue weighted by Crippen LogP contribution is 2.15. The highest BCUT2D eigenvalue weighted by atomic mass is 16.5. The molecule has 0 radical (unpaired) electrons. The van der Waals surface area contributed by atoms with Crippen molar-refractivity contribution >= 4 is 17.8 Å². The molecule has 1 fully saturated rings. The van der Waals surface area contributed by atoms with Crippen molar-refractivity contribution in [3.63, 3.8) is 0 Å². The number of benzene rings is 1. The van der Waals surface area contributed by atoms with Crippen molar-refractivity contribution in [3.8, 4) is 6.07 Å². The first kappa shape index (κ1) is 19.4. The molecule has 1 heterocycles. The lowest BCUT2D eigenvalue weighted by Crippen LogP contribution is -2.50. The van der Waals surface area contributed by atoms with Crippen molar-refractivity contribution in [2.45, 2.75) is 45.3 Å². The number of amides is 2. The number of nitriles is 1. The van der Waals surface area contributed by atoms with Crippen molar-refractivity contribution in [2.24, 2.45) is 0 Å². The average molecular weight is 357 g/mol. The van der Waals surface area contributed by atoms with Crippen LogP contribution in [0, 0.1) is 11.3 Å². The molecule has 0 spiro atoms. The van der Waals surface area contributed by atoms with Crippen LogP contribution < -0.4 is 5.32 Å². The third-order valence-corrected chi connectivity index (χ3v) is 4.33. The van der Waals surface area contributed by atoms with Gasteiger partial charge in [-0.05, 0) is 31.2 Å². The van der Waals surface area contributed by atoms with E-state index in [0.29, 0.717) is 43.5 Å². The molecule has 0 aromatic heterocycles. The number of rotatable bonds is 5. The van der Waals surface area contributed by atoms with E-state index in [0.717, 1.165) is 0 Å². The minimum atomic E-state index is -0.659. The minimum absolute atomic E-state index is 0.143. The first-order chi connectivity index (χ1) is 12.4. The molecule has 7 nitrogen and oxygen atoms in total. The van der Waals surface area contributed by atoms with E-state index in [1.807, 2.05) is 6.07 Å². The third-order valence-electron chi connectivity index (χ3n) is 4.33. The van der Waals surface area contributed by atoms with Gasteiger partial charge in [0.25, 0.3) is 5.91 Å². The van der Waals surface area contributed by atoms with Crippen LogP contribution in [0.5, 0.6) is 0 Å². The molecule has 26 heavy (non-hydrogen) atoms. The number of likely N-dealkylation sites (tertiary alicyclic amines) is 1. The second-order valence-corrected chi connectivity index (χ2v) is 6.25. The summed E-state index contributed by atoms with van der Waals surface area (Å²) in [6.45, 7) is 4.39. The van der Waals surface area contributed by atoms with Gasteiger partial charge in [-0.1, -0.05) is 6.92 Å². The normalized spacial score (nSPS) is 15.7. The lowest BCUT2D eigenvalue weighted by atomic mass is 10.1. The van der Waals surface area contributed by atoms with Gasteiger partial charge in [-0.25, -0.2) is 0 Å². The van der Waals surface area contributed by atoms with Crippen molar-refractivity contribution in [1.29, 1.82) is 5.26 Å². The first-order valence-corrected chi connectivity index (χ1v) is 8.74. The second kappa shape index (κ2) is 8.99. The molecule has 7 heteroatoms. The Kier molecular flexibility index (Phi) is 6.73. The number of esters is 1. The number of nitrogens with one attached hydrogen (secondary N) is 1. The van der Waals surface area contributed by atoms with Crippen LogP contribution in [0.2, 0.25) is 0 Å². The van der Waals surface area contributed by atoms with Gasteiger partial charge in [0.15, 0.2) is 0 Å². The maximum atomic E-state index is 12.5. The molecule has 1 unspecified atom stereocenters. The third kappa shape index (κ3) is 5.06. The van der Waals surface area contributed by atoms with Gasteiger partial charge < -0.3 is 15.0 Å². The summed E-state index contributed by atoms with van der Waals surface area (Å²) in [5, 5.41) is 11.5. The molecule has 1 aliphatic heterocycles. The summed E-state index contributed by atoms with van der Waals surface area (Å²) in [6, 6.07) is 7.56. The number of piperidine rings is 1. The highest BCUT2D eigenvalue weighted by molar-refractivity contribution is 5.97.